The molecule has 2 N–H and O–H groups in total. The highest BCUT2D eigenvalue weighted by atomic mass is 16.5. The van der Waals surface area contributed by atoms with E-state index in [9.17, 15) is 19.5 Å². The van der Waals surface area contributed by atoms with Gasteiger partial charge in [-0.05, 0) is 20.8 Å². The zero-order valence-electron chi connectivity index (χ0n) is 13.3. The Hall–Kier alpha value is -1.63. The molecule has 2 aliphatic heterocycles. The summed E-state index contributed by atoms with van der Waals surface area (Å²) in [4.78, 5) is 37.7. The van der Waals surface area contributed by atoms with Gasteiger partial charge in [0, 0.05) is 44.6 Å². The van der Waals surface area contributed by atoms with Crippen LogP contribution in [0.4, 0.5) is 0 Å². The van der Waals surface area contributed by atoms with Gasteiger partial charge in [0.1, 0.15) is 5.54 Å². The molecule has 124 valence electrons. The first kappa shape index (κ1) is 16.7. The van der Waals surface area contributed by atoms with Crippen molar-refractivity contribution in [2.75, 3.05) is 19.8 Å². The number of nitrogens with one attached hydrogen (secondary N) is 1. The number of carbonyl (C=O) groups excluding carboxylic acids is 2. The van der Waals surface area contributed by atoms with Crippen molar-refractivity contribution in [3.8, 4) is 0 Å². The highest BCUT2D eigenvalue weighted by Crippen LogP contribution is 2.28. The molecular weight excluding hydrogens is 288 g/mol. The Morgan fingerprint density at radius 3 is 2.36 bits per heavy atom. The molecule has 2 fully saturated rings. The molecule has 2 rings (SSSR count). The Balaban J connectivity index is 2.06. The molecule has 0 aromatic heterocycles. The standard InChI is InChI=1S/C15H24N2O5/c1-14(2,3)17-9-10(8-11(17)18)12(19)16-15(13(20)21)4-6-22-7-5-15/h10H,4-9H2,1-3H3,(H,16,19)(H,20,21). The average molecular weight is 312 g/mol. The van der Waals surface area contributed by atoms with E-state index in [0.29, 0.717) is 19.8 Å². The van der Waals surface area contributed by atoms with Gasteiger partial charge in [0.05, 0.1) is 5.92 Å². The summed E-state index contributed by atoms with van der Waals surface area (Å²) in [7, 11) is 0. The van der Waals surface area contributed by atoms with Crippen molar-refractivity contribution < 1.29 is 24.2 Å². The molecule has 0 spiro atoms. The van der Waals surface area contributed by atoms with Crippen molar-refractivity contribution in [1.82, 2.24) is 10.2 Å². The van der Waals surface area contributed by atoms with E-state index in [0.717, 1.165) is 0 Å². The number of rotatable bonds is 3. The smallest absolute Gasteiger partial charge is 0.329 e. The largest absolute Gasteiger partial charge is 0.480 e. The molecule has 0 radical (unpaired) electrons. The maximum absolute atomic E-state index is 12.4. The minimum atomic E-state index is -1.27. The van der Waals surface area contributed by atoms with Crippen LogP contribution in [0.15, 0.2) is 0 Å². The lowest BCUT2D eigenvalue weighted by Gasteiger charge is -2.35. The normalized spacial score (nSPS) is 25.1. The summed E-state index contributed by atoms with van der Waals surface area (Å²) in [6, 6.07) is 0. The fourth-order valence-electron chi connectivity index (χ4n) is 2.98. The van der Waals surface area contributed by atoms with E-state index < -0.39 is 17.4 Å². The number of amides is 2. The summed E-state index contributed by atoms with van der Waals surface area (Å²) in [6.45, 7) is 6.71. The van der Waals surface area contributed by atoms with Crippen molar-refractivity contribution >= 4 is 17.8 Å². The van der Waals surface area contributed by atoms with E-state index in [1.54, 1.807) is 4.90 Å². The summed E-state index contributed by atoms with van der Waals surface area (Å²) in [5.74, 6) is -1.96. The monoisotopic (exact) mass is 312 g/mol. The van der Waals surface area contributed by atoms with Crippen LogP contribution in [-0.4, -0.2) is 58.6 Å². The molecule has 0 aromatic rings. The second kappa shape index (κ2) is 5.87. The van der Waals surface area contributed by atoms with Gasteiger partial charge in [0.15, 0.2) is 0 Å². The van der Waals surface area contributed by atoms with Crippen molar-refractivity contribution in [1.29, 1.82) is 0 Å². The SMILES string of the molecule is CC(C)(C)N1CC(C(=O)NC2(C(=O)O)CCOCC2)CC1=O. The van der Waals surface area contributed by atoms with Gasteiger partial charge in [0.2, 0.25) is 11.8 Å². The van der Waals surface area contributed by atoms with Gasteiger partial charge in [-0.15, -0.1) is 0 Å². The number of hydrogen-bond donors (Lipinski definition) is 2. The molecule has 1 atom stereocenters. The van der Waals surface area contributed by atoms with Crippen LogP contribution in [0, 0.1) is 5.92 Å². The number of hydrogen-bond acceptors (Lipinski definition) is 4. The third-order valence-electron chi connectivity index (χ3n) is 4.42. The van der Waals surface area contributed by atoms with Gasteiger partial charge in [0.25, 0.3) is 0 Å². The number of carboxylic acids is 1. The lowest BCUT2D eigenvalue weighted by atomic mass is 9.89. The van der Waals surface area contributed by atoms with Crippen molar-refractivity contribution in [2.45, 2.75) is 51.1 Å². The van der Waals surface area contributed by atoms with E-state index >= 15 is 0 Å². The Morgan fingerprint density at radius 2 is 1.91 bits per heavy atom. The molecular formula is C15H24N2O5. The van der Waals surface area contributed by atoms with Gasteiger partial charge < -0.3 is 20.1 Å². The zero-order chi connectivity index (χ0) is 16.5. The zero-order valence-corrected chi connectivity index (χ0v) is 13.3. The molecule has 2 amide bonds. The molecule has 1 unspecified atom stereocenters. The van der Waals surface area contributed by atoms with Crippen molar-refractivity contribution in [3.63, 3.8) is 0 Å². The van der Waals surface area contributed by atoms with Gasteiger partial charge >= 0.3 is 5.97 Å². The van der Waals surface area contributed by atoms with Crippen LogP contribution in [0.1, 0.15) is 40.0 Å². The fraction of sp³-hybridized carbons (Fsp3) is 0.800. The summed E-state index contributed by atoms with van der Waals surface area (Å²) >= 11 is 0. The van der Waals surface area contributed by atoms with Crippen LogP contribution in [0.2, 0.25) is 0 Å². The third-order valence-corrected chi connectivity index (χ3v) is 4.42. The molecule has 2 aliphatic rings. The first-order valence-corrected chi connectivity index (χ1v) is 7.59. The van der Waals surface area contributed by atoms with Gasteiger partial charge in [-0.25, -0.2) is 4.79 Å². The van der Waals surface area contributed by atoms with Crippen molar-refractivity contribution in [2.24, 2.45) is 5.92 Å². The predicted octanol–water partition coefficient (Wildman–Crippen LogP) is 0.383. The van der Waals surface area contributed by atoms with Gasteiger partial charge in [-0.1, -0.05) is 0 Å². The summed E-state index contributed by atoms with van der Waals surface area (Å²) < 4.78 is 5.18. The molecule has 0 saturated carbocycles. The minimum absolute atomic E-state index is 0.0657. The number of carbonyl (C=O) groups is 3. The number of nitrogens with zero attached hydrogens (tertiary/aromatic N) is 1. The molecule has 2 heterocycles. The molecule has 7 nitrogen and oxygen atoms in total. The summed E-state index contributed by atoms with van der Waals surface area (Å²) in [6.07, 6.45) is 0.630. The molecule has 0 aromatic carbocycles. The molecule has 22 heavy (non-hydrogen) atoms. The van der Waals surface area contributed by atoms with Crippen LogP contribution in [0.3, 0.4) is 0 Å². The Kier molecular flexibility index (Phi) is 4.47. The Bertz CT molecular complexity index is 477. The van der Waals surface area contributed by atoms with Gasteiger partial charge in [-0.2, -0.15) is 0 Å². The maximum Gasteiger partial charge on any atom is 0.329 e. The van der Waals surface area contributed by atoms with E-state index in [2.05, 4.69) is 5.32 Å². The van der Waals surface area contributed by atoms with Crippen LogP contribution in [0.25, 0.3) is 0 Å². The molecule has 0 bridgehead atoms. The highest BCUT2D eigenvalue weighted by molar-refractivity contribution is 5.93. The van der Waals surface area contributed by atoms with E-state index in [1.807, 2.05) is 20.8 Å². The van der Waals surface area contributed by atoms with Crippen molar-refractivity contribution in [3.05, 3.63) is 0 Å². The quantitative estimate of drug-likeness (QED) is 0.785. The van der Waals surface area contributed by atoms with Crippen LogP contribution in [-0.2, 0) is 19.1 Å². The Morgan fingerprint density at radius 1 is 1.32 bits per heavy atom. The highest BCUT2D eigenvalue weighted by Gasteiger charge is 2.45. The average Bonchev–Trinajstić information content (AvgIpc) is 2.82. The third kappa shape index (κ3) is 3.24. The number of aliphatic carboxylic acids is 1. The molecule has 2 saturated heterocycles. The first-order chi connectivity index (χ1) is 10.2. The number of likely N-dealkylation sites (tertiary alicyclic amines) is 1. The topological polar surface area (TPSA) is 95.9 Å². The maximum atomic E-state index is 12.4. The van der Waals surface area contributed by atoms with E-state index in [4.69, 9.17) is 4.74 Å². The van der Waals surface area contributed by atoms with Crippen LogP contribution >= 0.6 is 0 Å². The van der Waals surface area contributed by atoms with Gasteiger partial charge in [-0.3, -0.25) is 9.59 Å². The van der Waals surface area contributed by atoms with Crippen LogP contribution < -0.4 is 5.32 Å². The minimum Gasteiger partial charge on any atom is -0.480 e. The van der Waals surface area contributed by atoms with E-state index in [-0.39, 0.29) is 36.6 Å². The number of carboxylic acid groups (broad SMARTS) is 1. The Labute approximate surface area is 130 Å². The van der Waals surface area contributed by atoms with Crippen LogP contribution in [0.5, 0.6) is 0 Å². The van der Waals surface area contributed by atoms with E-state index in [1.165, 1.54) is 0 Å². The second-order valence-corrected chi connectivity index (χ2v) is 7.07. The lowest BCUT2D eigenvalue weighted by Crippen LogP contribution is -2.58. The first-order valence-electron chi connectivity index (χ1n) is 7.59. The predicted molar refractivity (Wildman–Crippen MR) is 78.1 cm³/mol. The summed E-state index contributed by atoms with van der Waals surface area (Å²) in [5.41, 5.74) is -1.61. The second-order valence-electron chi connectivity index (χ2n) is 7.07. The lowest BCUT2D eigenvalue weighted by molar-refractivity contribution is -0.152. The molecule has 7 heteroatoms. The number of ether oxygens (including phenoxy) is 1. The fourth-order valence-corrected chi connectivity index (χ4v) is 2.98. The molecule has 0 aliphatic carbocycles. The summed E-state index contributed by atoms with van der Waals surface area (Å²) in [5, 5.41) is 12.1.